The van der Waals surface area contributed by atoms with Gasteiger partial charge in [-0.15, -0.1) is 0 Å². The van der Waals surface area contributed by atoms with Crippen molar-refractivity contribution < 1.29 is 9.53 Å². The van der Waals surface area contributed by atoms with Crippen molar-refractivity contribution in [3.8, 4) is 0 Å². The van der Waals surface area contributed by atoms with E-state index < -0.39 is 0 Å². The molecule has 0 bridgehead atoms. The molecule has 0 spiro atoms. The maximum Gasteiger partial charge on any atom is 0.262 e. The summed E-state index contributed by atoms with van der Waals surface area (Å²) < 4.78 is 7.37. The Kier molecular flexibility index (Phi) is 4.79. The zero-order valence-electron chi connectivity index (χ0n) is 15.6. The van der Waals surface area contributed by atoms with Crippen molar-refractivity contribution in [3.63, 3.8) is 0 Å². The van der Waals surface area contributed by atoms with E-state index in [0.29, 0.717) is 15.7 Å². The number of aromatic amines is 1. The Labute approximate surface area is 157 Å². The summed E-state index contributed by atoms with van der Waals surface area (Å²) in [6.45, 7) is 6.49. The van der Waals surface area contributed by atoms with Crippen molar-refractivity contribution in [2.24, 2.45) is 5.41 Å². The molecule has 140 valence electrons. The van der Waals surface area contributed by atoms with Gasteiger partial charge in [0.1, 0.15) is 0 Å². The molecule has 26 heavy (non-hydrogen) atoms. The van der Waals surface area contributed by atoms with Crippen LogP contribution in [0.2, 0.25) is 0 Å². The van der Waals surface area contributed by atoms with Crippen LogP contribution in [0.4, 0.5) is 0 Å². The molecule has 7 heteroatoms. The molecule has 1 aliphatic rings. The van der Waals surface area contributed by atoms with E-state index in [1.54, 1.807) is 13.2 Å². The van der Waals surface area contributed by atoms with Crippen molar-refractivity contribution in [3.05, 3.63) is 39.4 Å². The Balaban J connectivity index is 1.69. The molecule has 2 N–H and O–H groups in total. The summed E-state index contributed by atoms with van der Waals surface area (Å²) in [6.07, 6.45) is 0.976. The van der Waals surface area contributed by atoms with Crippen LogP contribution in [0.15, 0.2) is 29.1 Å². The summed E-state index contributed by atoms with van der Waals surface area (Å²) in [6, 6.07) is 7.28. The molecule has 1 heterocycles. The highest BCUT2D eigenvalue weighted by molar-refractivity contribution is 7.71. The van der Waals surface area contributed by atoms with Gasteiger partial charge in [0.25, 0.3) is 5.56 Å². The highest BCUT2D eigenvalue weighted by Crippen LogP contribution is 2.51. The number of hydrogen-bond acceptors (Lipinski definition) is 4. The summed E-state index contributed by atoms with van der Waals surface area (Å²) >= 11 is 5.28. The second kappa shape index (κ2) is 6.63. The Hall–Kier alpha value is -1.99. The molecule has 1 aromatic carbocycles. The van der Waals surface area contributed by atoms with E-state index in [4.69, 9.17) is 17.0 Å². The molecular weight excluding hydrogens is 350 g/mol. The van der Waals surface area contributed by atoms with E-state index >= 15 is 0 Å². The first-order chi connectivity index (χ1) is 12.2. The van der Waals surface area contributed by atoms with Crippen molar-refractivity contribution in [1.29, 1.82) is 0 Å². The van der Waals surface area contributed by atoms with Gasteiger partial charge in [-0.25, -0.2) is 0 Å². The molecule has 6 nitrogen and oxygen atoms in total. The Morgan fingerprint density at radius 1 is 1.38 bits per heavy atom. The largest absolute Gasteiger partial charge is 0.378 e. The van der Waals surface area contributed by atoms with Gasteiger partial charge in [0, 0.05) is 31.5 Å². The van der Waals surface area contributed by atoms with Gasteiger partial charge in [-0.1, -0.05) is 26.0 Å². The average molecular weight is 375 g/mol. The van der Waals surface area contributed by atoms with Crippen LogP contribution < -0.4 is 10.9 Å². The molecule has 2 atom stereocenters. The fraction of sp³-hybridized carbons (Fsp3) is 0.526. The summed E-state index contributed by atoms with van der Waals surface area (Å²) in [4.78, 5) is 28.0. The molecule has 3 rings (SSSR count). The number of ether oxygens (including phenoxy) is 1. The van der Waals surface area contributed by atoms with Gasteiger partial charge in [-0.05, 0) is 37.7 Å². The fourth-order valence-corrected chi connectivity index (χ4v) is 3.89. The van der Waals surface area contributed by atoms with Crippen LogP contribution >= 0.6 is 12.2 Å². The van der Waals surface area contributed by atoms with Crippen LogP contribution in [0.5, 0.6) is 0 Å². The predicted molar refractivity (Wildman–Crippen MR) is 104 cm³/mol. The van der Waals surface area contributed by atoms with Crippen molar-refractivity contribution in [2.45, 2.75) is 51.8 Å². The predicted octanol–water partition coefficient (Wildman–Crippen LogP) is 2.77. The molecule has 1 amide bonds. The normalized spacial score (nSPS) is 24.2. The number of aromatic nitrogens is 2. The maximum absolute atomic E-state index is 12.6. The number of hydrogen-bond donors (Lipinski definition) is 2. The standard InChI is InChI=1S/C19H25N3O3S/c1-18(2)14(11-19(18,3)25-4)21-15(23)9-10-22-16(24)12-7-5-6-8-13(12)20-17(22)26/h5-8,14H,9-11H2,1-4H3,(H,20,26)(H,21,23). The maximum atomic E-state index is 12.6. The van der Waals surface area contributed by atoms with Crippen molar-refractivity contribution in [1.82, 2.24) is 14.9 Å². The number of carbonyl (C=O) groups excluding carboxylic acids is 1. The quantitative estimate of drug-likeness (QED) is 0.788. The molecule has 0 aliphatic heterocycles. The zero-order chi connectivity index (χ0) is 19.1. The minimum Gasteiger partial charge on any atom is -0.378 e. The van der Waals surface area contributed by atoms with Crippen LogP contribution in [-0.4, -0.2) is 34.2 Å². The lowest BCUT2D eigenvalue weighted by atomic mass is 9.56. The first-order valence-corrected chi connectivity index (χ1v) is 9.17. The highest BCUT2D eigenvalue weighted by Gasteiger charge is 2.58. The molecule has 1 aliphatic carbocycles. The van der Waals surface area contributed by atoms with E-state index in [1.165, 1.54) is 4.57 Å². The monoisotopic (exact) mass is 375 g/mol. The third-order valence-corrected chi connectivity index (χ3v) is 6.39. The van der Waals surface area contributed by atoms with Gasteiger partial charge < -0.3 is 15.0 Å². The molecule has 2 unspecified atom stereocenters. The van der Waals surface area contributed by atoms with Gasteiger partial charge in [0.2, 0.25) is 5.91 Å². The Morgan fingerprint density at radius 2 is 2.08 bits per heavy atom. The number of benzene rings is 1. The summed E-state index contributed by atoms with van der Waals surface area (Å²) in [7, 11) is 1.70. The number of H-pyrrole nitrogens is 1. The van der Waals surface area contributed by atoms with Gasteiger partial charge >= 0.3 is 0 Å². The number of fused-ring (bicyclic) bond motifs is 1. The molecule has 1 saturated carbocycles. The van der Waals surface area contributed by atoms with Crippen LogP contribution in [0.25, 0.3) is 10.9 Å². The van der Waals surface area contributed by atoms with Gasteiger partial charge in [-0.3, -0.25) is 14.2 Å². The van der Waals surface area contributed by atoms with Gasteiger partial charge in [0.15, 0.2) is 4.77 Å². The number of amides is 1. The van der Waals surface area contributed by atoms with Crippen LogP contribution in [0, 0.1) is 10.2 Å². The number of carbonyl (C=O) groups is 1. The summed E-state index contributed by atoms with van der Waals surface area (Å²) in [5, 5.41) is 3.63. The first kappa shape index (κ1) is 18.8. The van der Waals surface area contributed by atoms with Crippen molar-refractivity contribution in [2.75, 3.05) is 7.11 Å². The van der Waals surface area contributed by atoms with Crippen LogP contribution in [0.3, 0.4) is 0 Å². The topological polar surface area (TPSA) is 76.1 Å². The van der Waals surface area contributed by atoms with Crippen molar-refractivity contribution >= 4 is 29.0 Å². The molecule has 1 aromatic heterocycles. The Morgan fingerprint density at radius 3 is 2.73 bits per heavy atom. The molecular formula is C19H25N3O3S. The summed E-state index contributed by atoms with van der Waals surface area (Å²) in [5.41, 5.74) is 0.156. The first-order valence-electron chi connectivity index (χ1n) is 8.76. The lowest BCUT2D eigenvalue weighted by Crippen LogP contribution is -2.68. The average Bonchev–Trinajstić information content (AvgIpc) is 2.60. The zero-order valence-corrected chi connectivity index (χ0v) is 16.4. The minimum absolute atomic E-state index is 0.0582. The molecule has 1 fully saturated rings. The number of rotatable bonds is 5. The molecule has 0 saturated heterocycles. The molecule has 0 radical (unpaired) electrons. The van der Waals surface area contributed by atoms with E-state index in [2.05, 4.69) is 31.1 Å². The SMILES string of the molecule is COC1(C)CC(NC(=O)CCn2c(=S)[nH]c3ccccc3c2=O)C1(C)C. The van der Waals surface area contributed by atoms with Gasteiger partial charge in [-0.2, -0.15) is 0 Å². The smallest absolute Gasteiger partial charge is 0.262 e. The molecule has 2 aromatic rings. The highest BCUT2D eigenvalue weighted by atomic mass is 32.1. The number of nitrogens with zero attached hydrogens (tertiary/aromatic N) is 1. The second-order valence-corrected chi connectivity index (χ2v) is 8.05. The lowest BCUT2D eigenvalue weighted by Gasteiger charge is -2.59. The van der Waals surface area contributed by atoms with E-state index in [1.807, 2.05) is 18.2 Å². The minimum atomic E-state index is -0.233. The summed E-state index contributed by atoms with van der Waals surface area (Å²) in [5.74, 6) is -0.0873. The van der Waals surface area contributed by atoms with E-state index in [9.17, 15) is 9.59 Å². The lowest BCUT2D eigenvalue weighted by molar-refractivity contribution is -0.182. The number of nitrogens with one attached hydrogen (secondary N) is 2. The number of para-hydroxylation sites is 1. The van der Waals surface area contributed by atoms with Crippen LogP contribution in [-0.2, 0) is 16.1 Å². The van der Waals surface area contributed by atoms with Crippen LogP contribution in [0.1, 0.15) is 33.6 Å². The Bertz CT molecular complexity index is 962. The van der Waals surface area contributed by atoms with Gasteiger partial charge in [0.05, 0.1) is 16.5 Å². The second-order valence-electron chi connectivity index (χ2n) is 7.66. The fourth-order valence-electron chi connectivity index (χ4n) is 3.60. The van der Waals surface area contributed by atoms with E-state index in [-0.39, 0.29) is 41.5 Å². The number of methoxy groups -OCH3 is 1. The van der Waals surface area contributed by atoms with E-state index in [0.717, 1.165) is 6.42 Å². The third kappa shape index (κ3) is 2.99. The third-order valence-electron chi connectivity index (χ3n) is 6.07.